The van der Waals surface area contributed by atoms with Crippen molar-refractivity contribution in [1.82, 2.24) is 10.2 Å². The van der Waals surface area contributed by atoms with Crippen molar-refractivity contribution in [1.29, 1.82) is 0 Å². The lowest BCUT2D eigenvalue weighted by molar-refractivity contribution is 0.174. The molecule has 1 atom stereocenters. The van der Waals surface area contributed by atoms with Gasteiger partial charge in [0.1, 0.15) is 5.82 Å². The van der Waals surface area contributed by atoms with Gasteiger partial charge in [-0.1, -0.05) is 12.1 Å². The van der Waals surface area contributed by atoms with E-state index in [9.17, 15) is 4.39 Å². The highest BCUT2D eigenvalue weighted by Crippen LogP contribution is 2.27. The molecule has 1 aromatic rings. The Morgan fingerprint density at radius 1 is 1.35 bits per heavy atom. The predicted molar refractivity (Wildman–Crippen MR) is 90.6 cm³/mol. The van der Waals surface area contributed by atoms with Crippen LogP contribution in [0.3, 0.4) is 0 Å². The third kappa shape index (κ3) is 5.01. The Morgan fingerprint density at radius 2 is 2.00 bits per heavy atom. The summed E-state index contributed by atoms with van der Waals surface area (Å²) in [5.41, 5.74) is 1.03. The summed E-state index contributed by atoms with van der Waals surface area (Å²) in [5.74, 6) is -0.198. The van der Waals surface area contributed by atoms with E-state index in [4.69, 9.17) is 0 Å². The van der Waals surface area contributed by atoms with E-state index in [0.29, 0.717) is 4.47 Å². The van der Waals surface area contributed by atoms with Crippen LogP contribution in [0.1, 0.15) is 18.0 Å². The molecule has 1 fully saturated rings. The maximum Gasteiger partial charge on any atom is 0.137 e. The maximum absolute atomic E-state index is 13.6. The lowest BCUT2D eigenvalue weighted by atomic mass is 10.0. The molecule has 1 aliphatic heterocycles. The number of piperazine rings is 1. The standard InChI is InChI=1S/C14H18BrFN2.2ClH/c1-2-3-14(18-8-6-17-7-9-18)11-4-5-12(15)13(16)10-11;;/h2,4-5,10,14,17H,1,3,6-9H2;2*1H/t14-;;/m0../s1. The van der Waals surface area contributed by atoms with Gasteiger partial charge in [-0.2, -0.15) is 0 Å². The van der Waals surface area contributed by atoms with E-state index in [1.54, 1.807) is 12.1 Å². The molecule has 1 aliphatic rings. The molecule has 1 saturated heterocycles. The molecule has 0 aliphatic carbocycles. The highest BCUT2D eigenvalue weighted by molar-refractivity contribution is 9.10. The molecule has 0 radical (unpaired) electrons. The van der Waals surface area contributed by atoms with Gasteiger partial charge in [0.25, 0.3) is 0 Å². The van der Waals surface area contributed by atoms with E-state index in [0.717, 1.165) is 38.2 Å². The van der Waals surface area contributed by atoms with Gasteiger partial charge in [-0.25, -0.2) is 4.39 Å². The number of nitrogens with one attached hydrogen (secondary N) is 1. The Hall–Kier alpha value is -0.130. The van der Waals surface area contributed by atoms with E-state index in [2.05, 4.69) is 32.7 Å². The summed E-state index contributed by atoms with van der Waals surface area (Å²) in [4.78, 5) is 2.39. The largest absolute Gasteiger partial charge is 0.314 e. The molecule has 0 amide bonds. The topological polar surface area (TPSA) is 15.3 Å². The third-order valence-electron chi connectivity index (χ3n) is 3.31. The molecular weight excluding hydrogens is 366 g/mol. The van der Waals surface area contributed by atoms with Crippen LogP contribution in [-0.2, 0) is 0 Å². The van der Waals surface area contributed by atoms with Crippen LogP contribution >= 0.6 is 40.7 Å². The summed E-state index contributed by atoms with van der Waals surface area (Å²) < 4.78 is 14.2. The number of benzene rings is 1. The summed E-state index contributed by atoms with van der Waals surface area (Å²) in [7, 11) is 0. The Kier molecular flexibility index (Phi) is 9.68. The minimum atomic E-state index is -0.198. The zero-order chi connectivity index (χ0) is 13.0. The first-order valence-corrected chi connectivity index (χ1v) is 7.02. The summed E-state index contributed by atoms with van der Waals surface area (Å²) in [5, 5.41) is 3.33. The van der Waals surface area contributed by atoms with Crippen molar-refractivity contribution in [3.8, 4) is 0 Å². The zero-order valence-corrected chi connectivity index (χ0v) is 14.4. The van der Waals surface area contributed by atoms with Gasteiger partial charge < -0.3 is 5.32 Å². The van der Waals surface area contributed by atoms with E-state index in [-0.39, 0.29) is 36.7 Å². The Morgan fingerprint density at radius 3 is 2.55 bits per heavy atom. The third-order valence-corrected chi connectivity index (χ3v) is 3.95. The van der Waals surface area contributed by atoms with Gasteiger partial charge in [0.15, 0.2) is 0 Å². The monoisotopic (exact) mass is 384 g/mol. The molecule has 0 spiro atoms. The van der Waals surface area contributed by atoms with Gasteiger partial charge in [-0.15, -0.1) is 31.4 Å². The summed E-state index contributed by atoms with van der Waals surface area (Å²) in [6.45, 7) is 7.79. The molecule has 6 heteroatoms. The fourth-order valence-electron chi connectivity index (χ4n) is 2.37. The zero-order valence-electron chi connectivity index (χ0n) is 11.1. The Bertz CT molecular complexity index is 426. The molecule has 0 aromatic heterocycles. The van der Waals surface area contributed by atoms with Crippen LogP contribution in [0.15, 0.2) is 35.3 Å². The van der Waals surface area contributed by atoms with Crippen molar-refractivity contribution < 1.29 is 4.39 Å². The van der Waals surface area contributed by atoms with Gasteiger partial charge in [0.2, 0.25) is 0 Å². The van der Waals surface area contributed by atoms with Crippen molar-refractivity contribution in [2.75, 3.05) is 26.2 Å². The first-order valence-electron chi connectivity index (χ1n) is 6.23. The normalized spacial score (nSPS) is 16.7. The fraction of sp³-hybridized carbons (Fsp3) is 0.429. The molecule has 0 unspecified atom stereocenters. The van der Waals surface area contributed by atoms with Gasteiger partial charge in [0.05, 0.1) is 4.47 Å². The predicted octanol–water partition coefficient (Wildman–Crippen LogP) is 3.95. The molecule has 20 heavy (non-hydrogen) atoms. The van der Waals surface area contributed by atoms with Gasteiger partial charge in [0, 0.05) is 32.2 Å². The Balaban J connectivity index is 0.00000180. The van der Waals surface area contributed by atoms with Crippen molar-refractivity contribution >= 4 is 40.7 Å². The smallest absolute Gasteiger partial charge is 0.137 e. The van der Waals surface area contributed by atoms with Crippen LogP contribution < -0.4 is 5.32 Å². The summed E-state index contributed by atoms with van der Waals surface area (Å²) in [6.07, 6.45) is 2.76. The quantitative estimate of drug-likeness (QED) is 0.789. The molecule has 1 aromatic carbocycles. The lowest BCUT2D eigenvalue weighted by Gasteiger charge is -2.34. The molecule has 0 bridgehead atoms. The van der Waals surface area contributed by atoms with Crippen LogP contribution in [0.5, 0.6) is 0 Å². The van der Waals surface area contributed by atoms with Crippen molar-refractivity contribution in [3.63, 3.8) is 0 Å². The number of rotatable bonds is 4. The van der Waals surface area contributed by atoms with Gasteiger partial charge in [-0.05, 0) is 40.0 Å². The number of hydrogen-bond donors (Lipinski definition) is 1. The Labute approximate surface area is 140 Å². The molecule has 0 saturated carbocycles. The second-order valence-electron chi connectivity index (χ2n) is 4.50. The second-order valence-corrected chi connectivity index (χ2v) is 5.35. The van der Waals surface area contributed by atoms with Crippen LogP contribution in [0.4, 0.5) is 4.39 Å². The minimum absolute atomic E-state index is 0. The average molecular weight is 386 g/mol. The minimum Gasteiger partial charge on any atom is -0.314 e. The number of hydrogen-bond acceptors (Lipinski definition) is 2. The van der Waals surface area contributed by atoms with Crippen LogP contribution in [0.25, 0.3) is 0 Å². The van der Waals surface area contributed by atoms with E-state index in [1.807, 2.05) is 12.1 Å². The molecule has 2 nitrogen and oxygen atoms in total. The first kappa shape index (κ1) is 19.9. The molecule has 114 valence electrons. The van der Waals surface area contributed by atoms with Gasteiger partial charge >= 0.3 is 0 Å². The number of halogens is 4. The molecular formula is C14H20BrCl2FN2. The van der Waals surface area contributed by atoms with E-state index >= 15 is 0 Å². The molecule has 1 N–H and O–H groups in total. The van der Waals surface area contributed by atoms with Gasteiger partial charge in [-0.3, -0.25) is 4.90 Å². The molecule has 2 rings (SSSR count). The first-order chi connectivity index (χ1) is 8.72. The van der Waals surface area contributed by atoms with E-state index < -0.39 is 0 Å². The van der Waals surface area contributed by atoms with Crippen molar-refractivity contribution in [2.45, 2.75) is 12.5 Å². The average Bonchev–Trinajstić information content (AvgIpc) is 2.40. The van der Waals surface area contributed by atoms with Crippen LogP contribution in [-0.4, -0.2) is 31.1 Å². The van der Waals surface area contributed by atoms with Crippen molar-refractivity contribution in [2.24, 2.45) is 0 Å². The maximum atomic E-state index is 13.6. The highest BCUT2D eigenvalue weighted by atomic mass is 79.9. The van der Waals surface area contributed by atoms with Crippen LogP contribution in [0, 0.1) is 5.82 Å². The second kappa shape index (κ2) is 9.74. The van der Waals surface area contributed by atoms with Crippen LogP contribution in [0.2, 0.25) is 0 Å². The fourth-order valence-corrected chi connectivity index (χ4v) is 2.61. The highest BCUT2D eigenvalue weighted by Gasteiger charge is 2.21. The van der Waals surface area contributed by atoms with E-state index in [1.165, 1.54) is 0 Å². The lowest BCUT2D eigenvalue weighted by Crippen LogP contribution is -2.45. The summed E-state index contributed by atoms with van der Waals surface area (Å²) >= 11 is 3.19. The molecule has 1 heterocycles. The van der Waals surface area contributed by atoms with Crippen molar-refractivity contribution in [3.05, 3.63) is 46.7 Å². The summed E-state index contributed by atoms with van der Waals surface area (Å²) in [6, 6.07) is 5.62. The number of nitrogens with zero attached hydrogens (tertiary/aromatic N) is 1. The SMILES string of the molecule is C=CC[C@@H](c1ccc(Br)c(F)c1)N1CCNCC1.Cl.Cl.